The zero-order valence-corrected chi connectivity index (χ0v) is 17.0. The van der Waals surface area contributed by atoms with Crippen LogP contribution < -0.4 is 10.6 Å². The maximum atomic E-state index is 12.6. The zero-order chi connectivity index (χ0) is 21.7. The van der Waals surface area contributed by atoms with E-state index < -0.39 is 11.9 Å². The molecule has 0 radical (unpaired) electrons. The Morgan fingerprint density at radius 2 is 1.60 bits per heavy atom. The van der Waals surface area contributed by atoms with Gasteiger partial charge in [0.15, 0.2) is 0 Å². The van der Waals surface area contributed by atoms with Crippen molar-refractivity contribution in [3.05, 3.63) is 83.4 Å². The third-order valence-electron chi connectivity index (χ3n) is 4.72. The summed E-state index contributed by atoms with van der Waals surface area (Å²) >= 11 is 0. The smallest absolute Gasteiger partial charge is 0.339 e. The molecule has 0 aliphatic heterocycles. The van der Waals surface area contributed by atoms with Gasteiger partial charge in [0.1, 0.15) is 0 Å². The molecule has 0 heterocycles. The molecular formula is C24H22N2O4. The van der Waals surface area contributed by atoms with E-state index in [1.54, 1.807) is 0 Å². The number of hydrogen-bond acceptors (Lipinski definition) is 4. The lowest BCUT2D eigenvalue weighted by atomic mass is 10.0. The number of amides is 2. The highest BCUT2D eigenvalue weighted by Gasteiger charge is 2.16. The van der Waals surface area contributed by atoms with Gasteiger partial charge in [0.05, 0.1) is 18.4 Å². The standard InChI is InChI=1S/C24H22N2O4/c1-15(17-9-8-16-6-4-5-7-18(16)13-17)12-22(27)26-21-14-19(23(28)25-2)10-11-20(21)24(29)30-3/h4-14H,1-3H3,(H,25,28)(H,26,27)/b15-12-. The molecule has 0 saturated heterocycles. The summed E-state index contributed by atoms with van der Waals surface area (Å²) in [5, 5.41) is 7.40. The maximum absolute atomic E-state index is 12.6. The van der Waals surface area contributed by atoms with E-state index in [9.17, 15) is 14.4 Å². The minimum Gasteiger partial charge on any atom is -0.465 e. The Morgan fingerprint density at radius 3 is 2.30 bits per heavy atom. The number of anilines is 1. The van der Waals surface area contributed by atoms with E-state index in [4.69, 9.17) is 4.74 Å². The van der Waals surface area contributed by atoms with Crippen LogP contribution in [-0.2, 0) is 9.53 Å². The Balaban J connectivity index is 1.89. The summed E-state index contributed by atoms with van der Waals surface area (Å²) in [5.41, 5.74) is 2.36. The van der Waals surface area contributed by atoms with Crippen molar-refractivity contribution in [1.82, 2.24) is 5.32 Å². The van der Waals surface area contributed by atoms with E-state index in [-0.39, 0.29) is 17.2 Å². The number of hydrogen-bond donors (Lipinski definition) is 2. The summed E-state index contributed by atoms with van der Waals surface area (Å²) < 4.78 is 4.77. The number of ether oxygens (including phenoxy) is 1. The van der Waals surface area contributed by atoms with Gasteiger partial charge in [-0.3, -0.25) is 9.59 Å². The number of carbonyl (C=O) groups excluding carboxylic acids is 3. The molecule has 0 aromatic heterocycles. The lowest BCUT2D eigenvalue weighted by Crippen LogP contribution is -2.19. The van der Waals surface area contributed by atoms with Crippen LogP contribution in [0.5, 0.6) is 0 Å². The molecule has 0 aliphatic rings. The molecule has 3 rings (SSSR count). The Labute approximate surface area is 174 Å². The summed E-state index contributed by atoms with van der Waals surface area (Å²) in [4.78, 5) is 36.6. The van der Waals surface area contributed by atoms with Gasteiger partial charge in [-0.1, -0.05) is 36.4 Å². The van der Waals surface area contributed by atoms with Gasteiger partial charge >= 0.3 is 5.97 Å². The van der Waals surface area contributed by atoms with E-state index in [1.807, 2.05) is 49.4 Å². The number of benzene rings is 3. The van der Waals surface area contributed by atoms with E-state index in [0.29, 0.717) is 5.56 Å². The molecule has 3 aromatic rings. The first-order valence-corrected chi connectivity index (χ1v) is 9.36. The molecule has 6 nitrogen and oxygen atoms in total. The van der Waals surface area contributed by atoms with Gasteiger partial charge in [0.2, 0.25) is 5.91 Å². The third-order valence-corrected chi connectivity index (χ3v) is 4.72. The average Bonchev–Trinajstić information content (AvgIpc) is 2.77. The largest absolute Gasteiger partial charge is 0.465 e. The van der Waals surface area contributed by atoms with Crippen LogP contribution in [0.25, 0.3) is 16.3 Å². The summed E-state index contributed by atoms with van der Waals surface area (Å²) in [6.07, 6.45) is 1.46. The van der Waals surface area contributed by atoms with Gasteiger partial charge < -0.3 is 15.4 Å². The number of carbonyl (C=O) groups is 3. The molecule has 2 amide bonds. The van der Waals surface area contributed by atoms with Crippen LogP contribution in [0.15, 0.2) is 66.7 Å². The van der Waals surface area contributed by atoms with Gasteiger partial charge in [0.25, 0.3) is 5.91 Å². The van der Waals surface area contributed by atoms with Crippen LogP contribution in [0.2, 0.25) is 0 Å². The molecule has 0 atom stereocenters. The van der Waals surface area contributed by atoms with E-state index >= 15 is 0 Å². The van der Waals surface area contributed by atoms with E-state index in [1.165, 1.54) is 38.4 Å². The lowest BCUT2D eigenvalue weighted by molar-refractivity contribution is -0.111. The highest BCUT2D eigenvalue weighted by atomic mass is 16.5. The first-order valence-electron chi connectivity index (χ1n) is 9.36. The Morgan fingerprint density at radius 1 is 0.900 bits per heavy atom. The topological polar surface area (TPSA) is 84.5 Å². The molecule has 0 fully saturated rings. The molecule has 0 unspecified atom stereocenters. The van der Waals surface area contributed by atoms with Crippen LogP contribution in [-0.4, -0.2) is 31.9 Å². The Kier molecular flexibility index (Phi) is 6.27. The molecular weight excluding hydrogens is 380 g/mol. The molecule has 0 bridgehead atoms. The summed E-state index contributed by atoms with van der Waals surface area (Å²) in [6, 6.07) is 18.3. The van der Waals surface area contributed by atoms with Crippen molar-refractivity contribution < 1.29 is 19.1 Å². The highest BCUT2D eigenvalue weighted by Crippen LogP contribution is 2.22. The minimum absolute atomic E-state index is 0.162. The quantitative estimate of drug-likeness (QED) is 0.499. The number of fused-ring (bicyclic) bond motifs is 1. The highest BCUT2D eigenvalue weighted by molar-refractivity contribution is 6.09. The molecule has 2 N–H and O–H groups in total. The van der Waals surface area contributed by atoms with Crippen molar-refractivity contribution >= 4 is 39.8 Å². The first kappa shape index (κ1) is 20.8. The molecule has 3 aromatic carbocycles. The average molecular weight is 402 g/mol. The van der Waals surface area contributed by atoms with Gasteiger partial charge in [0, 0.05) is 18.7 Å². The van der Waals surface area contributed by atoms with Crippen LogP contribution >= 0.6 is 0 Å². The molecule has 0 aliphatic carbocycles. The summed E-state index contributed by atoms with van der Waals surface area (Å²) in [7, 11) is 2.76. The van der Waals surface area contributed by atoms with Crippen molar-refractivity contribution in [3.63, 3.8) is 0 Å². The molecule has 0 saturated carbocycles. The first-order chi connectivity index (χ1) is 14.4. The number of rotatable bonds is 5. The van der Waals surface area contributed by atoms with Crippen molar-refractivity contribution in [1.29, 1.82) is 0 Å². The van der Waals surface area contributed by atoms with Crippen LogP contribution in [0.3, 0.4) is 0 Å². The third kappa shape index (κ3) is 4.55. The number of methoxy groups -OCH3 is 1. The second kappa shape index (κ2) is 9.05. The number of nitrogens with one attached hydrogen (secondary N) is 2. The number of esters is 1. The van der Waals surface area contributed by atoms with Crippen LogP contribution in [0.1, 0.15) is 33.2 Å². The lowest BCUT2D eigenvalue weighted by Gasteiger charge is -2.11. The summed E-state index contributed by atoms with van der Waals surface area (Å²) in [6.45, 7) is 1.84. The van der Waals surface area contributed by atoms with E-state index in [0.717, 1.165) is 21.9 Å². The van der Waals surface area contributed by atoms with Gasteiger partial charge in [-0.25, -0.2) is 4.79 Å². The van der Waals surface area contributed by atoms with Crippen molar-refractivity contribution in [3.8, 4) is 0 Å². The van der Waals surface area contributed by atoms with Crippen molar-refractivity contribution in [2.45, 2.75) is 6.92 Å². The molecule has 152 valence electrons. The molecule has 30 heavy (non-hydrogen) atoms. The monoisotopic (exact) mass is 402 g/mol. The van der Waals surface area contributed by atoms with Gasteiger partial charge in [-0.05, 0) is 53.1 Å². The fourth-order valence-corrected chi connectivity index (χ4v) is 3.10. The predicted molar refractivity (Wildman–Crippen MR) is 117 cm³/mol. The SMILES string of the molecule is CNC(=O)c1ccc(C(=O)OC)c(NC(=O)/C=C(/C)c2ccc3ccccc3c2)c1. The minimum atomic E-state index is -0.607. The fraction of sp³-hybridized carbons (Fsp3) is 0.125. The van der Waals surface area contributed by atoms with Gasteiger partial charge in [-0.15, -0.1) is 0 Å². The summed E-state index contributed by atoms with van der Waals surface area (Å²) in [5.74, 6) is -1.35. The zero-order valence-electron chi connectivity index (χ0n) is 17.0. The van der Waals surface area contributed by atoms with Crippen molar-refractivity contribution in [2.24, 2.45) is 0 Å². The molecule has 6 heteroatoms. The molecule has 0 spiro atoms. The van der Waals surface area contributed by atoms with Crippen LogP contribution in [0, 0.1) is 0 Å². The maximum Gasteiger partial charge on any atom is 0.339 e. The van der Waals surface area contributed by atoms with E-state index in [2.05, 4.69) is 10.6 Å². The normalized spacial score (nSPS) is 11.1. The van der Waals surface area contributed by atoms with Gasteiger partial charge in [-0.2, -0.15) is 0 Å². The fourth-order valence-electron chi connectivity index (χ4n) is 3.10. The van der Waals surface area contributed by atoms with Crippen molar-refractivity contribution in [2.75, 3.05) is 19.5 Å². The number of allylic oxidation sites excluding steroid dienone is 1. The predicted octanol–water partition coefficient (Wildman–Crippen LogP) is 4.03. The Hall–Kier alpha value is -3.93. The Bertz CT molecular complexity index is 1160. The second-order valence-corrected chi connectivity index (χ2v) is 6.71. The second-order valence-electron chi connectivity index (χ2n) is 6.71. The van der Waals surface area contributed by atoms with Crippen LogP contribution in [0.4, 0.5) is 5.69 Å².